The predicted octanol–water partition coefficient (Wildman–Crippen LogP) is 2.68. The van der Waals surface area contributed by atoms with Crippen LogP contribution in [0.5, 0.6) is 0 Å². The molecule has 0 aromatic rings. The summed E-state index contributed by atoms with van der Waals surface area (Å²) in [6, 6.07) is 0. The maximum absolute atomic E-state index is 10.7. The van der Waals surface area contributed by atoms with Gasteiger partial charge in [0, 0.05) is 6.61 Å². The molecule has 1 aliphatic rings. The van der Waals surface area contributed by atoms with Crippen molar-refractivity contribution in [1.82, 2.24) is 0 Å². The Morgan fingerprint density at radius 1 is 1.05 bits per heavy atom. The summed E-state index contributed by atoms with van der Waals surface area (Å²) >= 11 is 0. The first kappa shape index (κ1) is 16.9. The Morgan fingerprint density at radius 2 is 1.74 bits per heavy atom. The highest BCUT2D eigenvalue weighted by atomic mass is 32.2. The minimum absolute atomic E-state index is 0.103. The van der Waals surface area contributed by atoms with Crippen LogP contribution in [0.15, 0.2) is 0 Å². The number of hydrogen-bond donors (Lipinski definition) is 1. The second-order valence-corrected chi connectivity index (χ2v) is 7.78. The van der Waals surface area contributed by atoms with Crippen LogP contribution < -0.4 is 5.14 Å². The molecule has 0 aliphatic heterocycles. The quantitative estimate of drug-likeness (QED) is 0.699. The van der Waals surface area contributed by atoms with Crippen LogP contribution in [0.1, 0.15) is 58.8 Å². The molecule has 0 radical (unpaired) electrons. The van der Waals surface area contributed by atoms with Crippen molar-refractivity contribution < 1.29 is 13.2 Å². The fourth-order valence-electron chi connectivity index (χ4n) is 2.66. The Labute approximate surface area is 118 Å². The fraction of sp³-hybridized carbons (Fsp3) is 1.00. The van der Waals surface area contributed by atoms with Gasteiger partial charge in [-0.1, -0.05) is 26.7 Å². The third-order valence-corrected chi connectivity index (χ3v) is 5.08. The first-order chi connectivity index (χ1) is 8.88. The summed E-state index contributed by atoms with van der Waals surface area (Å²) in [4.78, 5) is 0. The standard InChI is InChI=1S/C14H29NO3S/c1-12-7-8-14(11-13(12)2)18-9-5-3-4-6-10-19(15,16)17/h12-14H,3-11H2,1-2H3,(H2,15,16,17). The molecule has 4 nitrogen and oxygen atoms in total. The van der Waals surface area contributed by atoms with E-state index in [2.05, 4.69) is 13.8 Å². The van der Waals surface area contributed by atoms with Crippen molar-refractivity contribution in [3.8, 4) is 0 Å². The van der Waals surface area contributed by atoms with Gasteiger partial charge in [-0.15, -0.1) is 0 Å². The van der Waals surface area contributed by atoms with Gasteiger partial charge in [0.15, 0.2) is 0 Å². The molecule has 0 aromatic heterocycles. The van der Waals surface area contributed by atoms with Crippen LogP contribution in [0.3, 0.4) is 0 Å². The molecular weight excluding hydrogens is 262 g/mol. The zero-order chi connectivity index (χ0) is 14.3. The number of nitrogens with two attached hydrogens (primary N) is 1. The molecule has 1 saturated carbocycles. The Kier molecular flexibility index (Phi) is 7.32. The number of sulfonamides is 1. The van der Waals surface area contributed by atoms with Gasteiger partial charge in [-0.2, -0.15) is 0 Å². The lowest BCUT2D eigenvalue weighted by atomic mass is 9.80. The predicted molar refractivity (Wildman–Crippen MR) is 78.4 cm³/mol. The zero-order valence-corrected chi connectivity index (χ0v) is 13.1. The van der Waals surface area contributed by atoms with Gasteiger partial charge in [0.05, 0.1) is 11.9 Å². The van der Waals surface area contributed by atoms with E-state index < -0.39 is 10.0 Å². The van der Waals surface area contributed by atoms with Crippen LogP contribution in [-0.4, -0.2) is 26.9 Å². The van der Waals surface area contributed by atoms with E-state index in [1.54, 1.807) is 0 Å². The van der Waals surface area contributed by atoms with Crippen LogP contribution in [0.4, 0.5) is 0 Å². The summed E-state index contributed by atoms with van der Waals surface area (Å²) in [6.07, 6.45) is 7.72. The van der Waals surface area contributed by atoms with Crippen molar-refractivity contribution in [2.45, 2.75) is 64.9 Å². The summed E-state index contributed by atoms with van der Waals surface area (Å²) in [5.74, 6) is 1.71. The molecule has 0 bridgehead atoms. The number of primary sulfonamides is 1. The van der Waals surface area contributed by atoms with Crippen LogP contribution in [0.2, 0.25) is 0 Å². The molecule has 0 saturated heterocycles. The SMILES string of the molecule is CC1CCC(OCCCCCCS(N)(=O)=O)CC1C. The lowest BCUT2D eigenvalue weighted by Crippen LogP contribution is -2.27. The van der Waals surface area contributed by atoms with E-state index >= 15 is 0 Å². The molecule has 19 heavy (non-hydrogen) atoms. The molecule has 3 atom stereocenters. The second-order valence-electron chi connectivity index (χ2n) is 6.04. The number of hydrogen-bond acceptors (Lipinski definition) is 3. The fourth-order valence-corrected chi connectivity index (χ4v) is 3.26. The molecule has 0 aromatic carbocycles. The minimum Gasteiger partial charge on any atom is -0.378 e. The Bertz CT molecular complexity index is 343. The maximum Gasteiger partial charge on any atom is 0.209 e. The smallest absolute Gasteiger partial charge is 0.209 e. The van der Waals surface area contributed by atoms with Gasteiger partial charge in [0.2, 0.25) is 10.0 Å². The summed E-state index contributed by atoms with van der Waals surface area (Å²) in [5, 5.41) is 4.95. The largest absolute Gasteiger partial charge is 0.378 e. The van der Waals surface area contributed by atoms with Crippen LogP contribution >= 0.6 is 0 Å². The summed E-state index contributed by atoms with van der Waals surface area (Å²) < 4.78 is 27.4. The van der Waals surface area contributed by atoms with E-state index in [0.29, 0.717) is 12.5 Å². The monoisotopic (exact) mass is 291 g/mol. The van der Waals surface area contributed by atoms with E-state index in [1.807, 2.05) is 0 Å². The molecule has 0 spiro atoms. The van der Waals surface area contributed by atoms with Gasteiger partial charge in [-0.3, -0.25) is 0 Å². The lowest BCUT2D eigenvalue weighted by Gasteiger charge is -2.31. The van der Waals surface area contributed by atoms with Crippen molar-refractivity contribution in [3.63, 3.8) is 0 Å². The highest BCUT2D eigenvalue weighted by Crippen LogP contribution is 2.30. The number of rotatable bonds is 8. The van der Waals surface area contributed by atoms with Crippen molar-refractivity contribution >= 4 is 10.0 Å². The molecule has 114 valence electrons. The molecule has 0 amide bonds. The van der Waals surface area contributed by atoms with E-state index in [4.69, 9.17) is 9.88 Å². The van der Waals surface area contributed by atoms with Crippen molar-refractivity contribution in [2.75, 3.05) is 12.4 Å². The Morgan fingerprint density at radius 3 is 2.37 bits per heavy atom. The van der Waals surface area contributed by atoms with Crippen LogP contribution in [0.25, 0.3) is 0 Å². The van der Waals surface area contributed by atoms with Gasteiger partial charge >= 0.3 is 0 Å². The maximum atomic E-state index is 10.7. The first-order valence-corrected chi connectivity index (χ1v) is 9.22. The molecule has 0 heterocycles. The topological polar surface area (TPSA) is 69.4 Å². The summed E-state index contributed by atoms with van der Waals surface area (Å²) in [6.45, 7) is 5.45. The minimum atomic E-state index is -3.28. The molecule has 1 aliphatic carbocycles. The second kappa shape index (κ2) is 8.22. The lowest BCUT2D eigenvalue weighted by molar-refractivity contribution is 0.00103. The third kappa shape index (κ3) is 7.90. The van der Waals surface area contributed by atoms with E-state index in [0.717, 1.165) is 37.7 Å². The highest BCUT2D eigenvalue weighted by molar-refractivity contribution is 7.89. The number of ether oxygens (including phenoxy) is 1. The van der Waals surface area contributed by atoms with Crippen molar-refractivity contribution in [3.05, 3.63) is 0 Å². The van der Waals surface area contributed by atoms with E-state index in [1.165, 1.54) is 19.3 Å². The first-order valence-electron chi connectivity index (χ1n) is 7.50. The highest BCUT2D eigenvalue weighted by Gasteiger charge is 2.24. The summed E-state index contributed by atoms with van der Waals surface area (Å²) in [5.41, 5.74) is 0. The average Bonchev–Trinajstić information content (AvgIpc) is 2.31. The zero-order valence-electron chi connectivity index (χ0n) is 12.3. The van der Waals surface area contributed by atoms with Crippen LogP contribution in [-0.2, 0) is 14.8 Å². The molecule has 2 N–H and O–H groups in total. The number of unbranched alkanes of at least 4 members (excludes halogenated alkanes) is 3. The molecule has 5 heteroatoms. The van der Waals surface area contributed by atoms with Gasteiger partial charge in [-0.25, -0.2) is 13.6 Å². The normalized spacial score (nSPS) is 28.5. The van der Waals surface area contributed by atoms with Crippen molar-refractivity contribution in [1.29, 1.82) is 0 Å². The van der Waals surface area contributed by atoms with Gasteiger partial charge in [-0.05, 0) is 43.9 Å². The van der Waals surface area contributed by atoms with Crippen molar-refractivity contribution in [2.24, 2.45) is 17.0 Å². The van der Waals surface area contributed by atoms with Crippen LogP contribution in [0, 0.1) is 11.8 Å². The Hall–Kier alpha value is -0.130. The molecular formula is C14H29NO3S. The Balaban J connectivity index is 1.97. The van der Waals surface area contributed by atoms with E-state index in [9.17, 15) is 8.42 Å². The van der Waals surface area contributed by atoms with Gasteiger partial charge in [0.25, 0.3) is 0 Å². The van der Waals surface area contributed by atoms with Gasteiger partial charge < -0.3 is 4.74 Å². The van der Waals surface area contributed by atoms with Gasteiger partial charge in [0.1, 0.15) is 0 Å². The summed E-state index contributed by atoms with van der Waals surface area (Å²) in [7, 11) is -3.28. The molecule has 1 rings (SSSR count). The molecule has 1 fully saturated rings. The third-order valence-electron chi connectivity index (χ3n) is 4.23. The van der Waals surface area contributed by atoms with E-state index in [-0.39, 0.29) is 5.75 Å². The average molecular weight is 291 g/mol. The molecule has 3 unspecified atom stereocenters.